The maximum absolute atomic E-state index is 12.7. The van der Waals surface area contributed by atoms with Crippen molar-refractivity contribution in [3.63, 3.8) is 0 Å². The van der Waals surface area contributed by atoms with Crippen LogP contribution in [0.25, 0.3) is 5.69 Å². The molecule has 3 rings (SSSR count). The highest BCUT2D eigenvalue weighted by Crippen LogP contribution is 2.20. The molecule has 0 spiro atoms. The Morgan fingerprint density at radius 1 is 1.19 bits per heavy atom. The first-order valence-electron chi connectivity index (χ1n) is 8.63. The molecule has 2 N–H and O–H groups in total. The molecule has 1 atom stereocenters. The molecule has 134 valence electrons. The zero-order chi connectivity index (χ0) is 18.5. The summed E-state index contributed by atoms with van der Waals surface area (Å²) < 4.78 is 1.36. The number of rotatable bonds is 6. The molecule has 0 unspecified atom stereocenters. The number of carbonyl (C=O) groups is 1. The molecule has 0 aliphatic rings. The van der Waals surface area contributed by atoms with Gasteiger partial charge in [-0.1, -0.05) is 38.1 Å². The Balaban J connectivity index is 1.83. The van der Waals surface area contributed by atoms with E-state index in [1.807, 2.05) is 30.3 Å². The highest BCUT2D eigenvalue weighted by molar-refractivity contribution is 5.92. The van der Waals surface area contributed by atoms with Crippen LogP contribution < -0.4 is 10.9 Å². The number of aromatic amines is 1. The third-order valence-corrected chi connectivity index (χ3v) is 4.08. The maximum atomic E-state index is 12.7. The van der Waals surface area contributed by atoms with Crippen LogP contribution in [0, 0.1) is 5.92 Å². The van der Waals surface area contributed by atoms with Crippen molar-refractivity contribution < 1.29 is 4.79 Å². The van der Waals surface area contributed by atoms with Crippen molar-refractivity contribution in [2.45, 2.75) is 26.3 Å². The van der Waals surface area contributed by atoms with Crippen molar-refractivity contribution in [2.75, 3.05) is 0 Å². The van der Waals surface area contributed by atoms with E-state index in [1.165, 1.54) is 10.7 Å². The predicted octanol–water partition coefficient (Wildman–Crippen LogP) is 3.08. The van der Waals surface area contributed by atoms with Gasteiger partial charge in [-0.2, -0.15) is 0 Å². The van der Waals surface area contributed by atoms with E-state index in [2.05, 4.69) is 29.2 Å². The van der Waals surface area contributed by atoms with Gasteiger partial charge in [0.1, 0.15) is 5.69 Å². The number of H-pyrrole nitrogens is 1. The summed E-state index contributed by atoms with van der Waals surface area (Å²) in [6, 6.07) is 14.1. The molecule has 2 aromatic heterocycles. The SMILES string of the molecule is CC(C)C[C@H](NC(=O)c1cc(=O)n(-c2ccccc2)[nH]1)c1cccnc1. The smallest absolute Gasteiger partial charge is 0.271 e. The standard InChI is InChI=1S/C20H22N4O2/c1-14(2)11-17(15-7-6-10-21-13-15)22-20(26)18-12-19(25)24(23-18)16-8-4-3-5-9-16/h3-10,12-14,17,23H,11H2,1-2H3,(H,22,26)/t17-/m0/s1. The first-order chi connectivity index (χ1) is 12.5. The van der Waals surface area contributed by atoms with Crippen LogP contribution in [-0.2, 0) is 0 Å². The predicted molar refractivity (Wildman–Crippen MR) is 100 cm³/mol. The van der Waals surface area contributed by atoms with Gasteiger partial charge in [0.2, 0.25) is 0 Å². The Morgan fingerprint density at radius 2 is 1.96 bits per heavy atom. The lowest BCUT2D eigenvalue weighted by Gasteiger charge is -2.20. The van der Waals surface area contributed by atoms with E-state index < -0.39 is 0 Å². The Labute approximate surface area is 151 Å². The van der Waals surface area contributed by atoms with E-state index in [1.54, 1.807) is 24.5 Å². The van der Waals surface area contributed by atoms with E-state index in [9.17, 15) is 9.59 Å². The van der Waals surface area contributed by atoms with Gasteiger partial charge in [-0.25, -0.2) is 4.68 Å². The molecule has 0 saturated heterocycles. The summed E-state index contributed by atoms with van der Waals surface area (Å²) >= 11 is 0. The summed E-state index contributed by atoms with van der Waals surface area (Å²) in [5.41, 5.74) is 1.58. The summed E-state index contributed by atoms with van der Waals surface area (Å²) in [5.74, 6) is 0.0831. The molecule has 0 aliphatic carbocycles. The second-order valence-corrected chi connectivity index (χ2v) is 6.62. The normalized spacial score (nSPS) is 12.1. The fourth-order valence-corrected chi connectivity index (χ4v) is 2.85. The molecular weight excluding hydrogens is 328 g/mol. The molecule has 0 saturated carbocycles. The molecule has 6 heteroatoms. The average molecular weight is 350 g/mol. The number of benzene rings is 1. The van der Waals surface area contributed by atoms with Crippen LogP contribution in [0.4, 0.5) is 0 Å². The Hall–Kier alpha value is -3.15. The quantitative estimate of drug-likeness (QED) is 0.717. The van der Waals surface area contributed by atoms with E-state index in [-0.39, 0.29) is 23.2 Å². The van der Waals surface area contributed by atoms with Crippen molar-refractivity contribution in [3.8, 4) is 5.69 Å². The lowest BCUT2D eigenvalue weighted by molar-refractivity contribution is 0.0926. The van der Waals surface area contributed by atoms with Gasteiger partial charge in [-0.05, 0) is 36.1 Å². The number of carbonyl (C=O) groups excluding carboxylic acids is 1. The number of amides is 1. The summed E-state index contributed by atoms with van der Waals surface area (Å²) in [6.45, 7) is 4.20. The van der Waals surface area contributed by atoms with E-state index in [0.717, 1.165) is 12.0 Å². The van der Waals surface area contributed by atoms with Crippen LogP contribution >= 0.6 is 0 Å². The topological polar surface area (TPSA) is 79.8 Å². The molecular formula is C20H22N4O2. The number of para-hydroxylation sites is 1. The highest BCUT2D eigenvalue weighted by atomic mass is 16.2. The summed E-state index contributed by atoms with van der Waals surface area (Å²) in [7, 11) is 0. The number of hydrogen-bond donors (Lipinski definition) is 2. The second-order valence-electron chi connectivity index (χ2n) is 6.62. The van der Waals surface area contributed by atoms with Gasteiger partial charge >= 0.3 is 0 Å². The summed E-state index contributed by atoms with van der Waals surface area (Å²) in [5, 5.41) is 5.89. The Bertz CT molecular complexity index is 914. The third-order valence-electron chi connectivity index (χ3n) is 4.08. The monoisotopic (exact) mass is 350 g/mol. The minimum Gasteiger partial charge on any atom is -0.344 e. The fraction of sp³-hybridized carbons (Fsp3) is 0.250. The molecule has 0 bridgehead atoms. The fourth-order valence-electron chi connectivity index (χ4n) is 2.85. The zero-order valence-electron chi connectivity index (χ0n) is 14.8. The van der Waals surface area contributed by atoms with Gasteiger partial charge in [-0.3, -0.25) is 19.7 Å². The largest absolute Gasteiger partial charge is 0.344 e. The third kappa shape index (κ3) is 4.08. The minimum atomic E-state index is -0.314. The molecule has 0 fully saturated rings. The van der Waals surface area contributed by atoms with Crippen molar-refractivity contribution in [3.05, 3.63) is 82.5 Å². The van der Waals surface area contributed by atoms with Gasteiger partial charge in [0, 0.05) is 18.5 Å². The maximum Gasteiger partial charge on any atom is 0.271 e. The van der Waals surface area contributed by atoms with Crippen LogP contribution in [0.5, 0.6) is 0 Å². The molecule has 1 amide bonds. The summed E-state index contributed by atoms with van der Waals surface area (Å²) in [4.78, 5) is 29.0. The molecule has 26 heavy (non-hydrogen) atoms. The van der Waals surface area contributed by atoms with Crippen molar-refractivity contribution in [1.82, 2.24) is 20.1 Å². The van der Waals surface area contributed by atoms with Crippen LogP contribution in [0.3, 0.4) is 0 Å². The van der Waals surface area contributed by atoms with Crippen molar-refractivity contribution in [1.29, 1.82) is 0 Å². The summed E-state index contributed by atoms with van der Waals surface area (Å²) in [6.07, 6.45) is 4.24. The van der Waals surface area contributed by atoms with Crippen molar-refractivity contribution in [2.24, 2.45) is 5.92 Å². The van der Waals surface area contributed by atoms with Crippen LogP contribution in [-0.4, -0.2) is 20.7 Å². The van der Waals surface area contributed by atoms with E-state index in [0.29, 0.717) is 11.6 Å². The first kappa shape index (κ1) is 17.7. The van der Waals surface area contributed by atoms with E-state index >= 15 is 0 Å². The lowest BCUT2D eigenvalue weighted by Crippen LogP contribution is -2.30. The van der Waals surface area contributed by atoms with Crippen molar-refractivity contribution >= 4 is 5.91 Å². The average Bonchev–Trinajstić information content (AvgIpc) is 3.04. The number of hydrogen-bond acceptors (Lipinski definition) is 3. The zero-order valence-corrected chi connectivity index (χ0v) is 14.8. The number of nitrogens with zero attached hydrogens (tertiary/aromatic N) is 2. The molecule has 0 radical (unpaired) electrons. The molecule has 3 aromatic rings. The van der Waals surface area contributed by atoms with Crippen LogP contribution in [0.2, 0.25) is 0 Å². The number of pyridine rings is 1. The molecule has 6 nitrogen and oxygen atoms in total. The lowest BCUT2D eigenvalue weighted by atomic mass is 9.98. The molecule has 2 heterocycles. The number of aromatic nitrogens is 3. The highest BCUT2D eigenvalue weighted by Gasteiger charge is 2.19. The first-order valence-corrected chi connectivity index (χ1v) is 8.63. The van der Waals surface area contributed by atoms with Gasteiger partial charge in [0.25, 0.3) is 11.5 Å². The Morgan fingerprint density at radius 3 is 2.62 bits per heavy atom. The Kier molecular flexibility index (Phi) is 5.31. The van der Waals surface area contributed by atoms with Gasteiger partial charge in [-0.15, -0.1) is 0 Å². The second kappa shape index (κ2) is 7.82. The molecule has 0 aliphatic heterocycles. The number of nitrogens with one attached hydrogen (secondary N) is 2. The van der Waals surface area contributed by atoms with Gasteiger partial charge < -0.3 is 5.32 Å². The molecule has 1 aromatic carbocycles. The van der Waals surface area contributed by atoms with E-state index in [4.69, 9.17) is 0 Å². The minimum absolute atomic E-state index is 0.167. The van der Waals surface area contributed by atoms with Crippen LogP contribution in [0.1, 0.15) is 42.4 Å². The van der Waals surface area contributed by atoms with Gasteiger partial charge in [0.15, 0.2) is 0 Å². The van der Waals surface area contributed by atoms with Crippen LogP contribution in [0.15, 0.2) is 65.7 Å². The van der Waals surface area contributed by atoms with Gasteiger partial charge in [0.05, 0.1) is 11.7 Å².